The third-order valence-electron chi connectivity index (χ3n) is 8.43. The van der Waals surface area contributed by atoms with Gasteiger partial charge in [0.05, 0.1) is 29.3 Å². The molecule has 1 saturated carbocycles. The van der Waals surface area contributed by atoms with E-state index in [0.29, 0.717) is 19.3 Å². The Bertz CT molecular complexity index is 879. The number of furan rings is 1. The predicted octanol–water partition coefficient (Wildman–Crippen LogP) is 2.49. The van der Waals surface area contributed by atoms with Crippen molar-refractivity contribution in [3.63, 3.8) is 0 Å². The summed E-state index contributed by atoms with van der Waals surface area (Å²) >= 11 is 0. The highest BCUT2D eigenvalue weighted by molar-refractivity contribution is 5.82. The first-order valence-electron chi connectivity index (χ1n) is 9.57. The molecule has 27 heavy (non-hydrogen) atoms. The number of rotatable bonds is 1. The molecule has 6 fully saturated rings. The number of cyclic esters (lactones) is 1. The molecule has 1 aromatic heterocycles. The van der Waals surface area contributed by atoms with Crippen LogP contribution in [0, 0.1) is 22.7 Å². The molecular weight excluding hydrogens is 352 g/mol. The molecule has 0 radical (unpaired) electrons. The molecule has 0 amide bonds. The van der Waals surface area contributed by atoms with E-state index in [1.165, 1.54) is 0 Å². The lowest BCUT2D eigenvalue weighted by Crippen LogP contribution is -2.86. The molecule has 5 bridgehead atoms. The average molecular weight is 374 g/mol. The Morgan fingerprint density at radius 2 is 1.96 bits per heavy atom. The maximum absolute atomic E-state index is 12.8. The summed E-state index contributed by atoms with van der Waals surface area (Å²) in [6.07, 6.45) is 4.61. The Balaban J connectivity index is 1.67. The van der Waals surface area contributed by atoms with Crippen molar-refractivity contribution in [3.8, 4) is 0 Å². The molecule has 7 heteroatoms. The van der Waals surface area contributed by atoms with Crippen molar-refractivity contribution in [2.75, 3.05) is 6.61 Å². The molecule has 144 valence electrons. The van der Waals surface area contributed by atoms with E-state index < -0.39 is 28.0 Å². The Morgan fingerprint density at radius 1 is 1.15 bits per heavy atom. The van der Waals surface area contributed by atoms with Crippen LogP contribution in [-0.4, -0.2) is 29.9 Å². The van der Waals surface area contributed by atoms with Crippen LogP contribution in [0.1, 0.15) is 45.6 Å². The molecule has 1 aromatic rings. The Labute approximate surface area is 156 Å². The van der Waals surface area contributed by atoms with E-state index in [-0.39, 0.29) is 30.4 Å². The highest BCUT2D eigenvalue weighted by Gasteiger charge is 2.89. The number of hydrogen-bond acceptors (Lipinski definition) is 7. The number of hydrogen-bond donors (Lipinski definition) is 0. The maximum Gasteiger partial charge on any atom is 0.315 e. The lowest BCUT2D eigenvalue weighted by atomic mass is 9.41. The summed E-state index contributed by atoms with van der Waals surface area (Å²) in [6, 6.07) is 1.81. The van der Waals surface area contributed by atoms with Crippen molar-refractivity contribution >= 4 is 11.9 Å². The Kier molecular flexibility index (Phi) is 2.54. The molecule has 5 aliphatic heterocycles. The van der Waals surface area contributed by atoms with E-state index in [2.05, 4.69) is 6.92 Å². The first kappa shape index (κ1) is 16.1. The third kappa shape index (κ3) is 1.36. The van der Waals surface area contributed by atoms with E-state index in [0.717, 1.165) is 5.56 Å². The predicted molar refractivity (Wildman–Crippen MR) is 87.8 cm³/mol. The van der Waals surface area contributed by atoms with Crippen LogP contribution < -0.4 is 0 Å². The quantitative estimate of drug-likeness (QED) is 0.698. The van der Waals surface area contributed by atoms with Gasteiger partial charge in [-0.1, -0.05) is 13.8 Å². The number of ether oxygens (including phenoxy) is 4. The van der Waals surface area contributed by atoms with Crippen LogP contribution in [0.3, 0.4) is 0 Å². The number of carbonyl (C=O) groups excluding carboxylic acids is 2. The molecule has 6 aliphatic rings. The first-order chi connectivity index (χ1) is 12.7. The standard InChI is InChI=1S/C20H22O7/c1-11-13-8-18(12-4-7-23-9-12)26-19-10-24-15(22)16(19,2)5-6-20(27-18,17(13,19)3)25-14(11)21/h4,7,9,11,13H,5-6,8,10H2,1-3H3/t11-,13?,16-,17-,18-,19-,20?/m0/s1. The molecule has 7 rings (SSSR count). The van der Waals surface area contributed by atoms with Gasteiger partial charge in [0.2, 0.25) is 11.6 Å². The zero-order chi connectivity index (χ0) is 18.9. The van der Waals surface area contributed by atoms with Crippen molar-refractivity contribution in [3.05, 3.63) is 24.2 Å². The molecule has 0 N–H and O–H groups in total. The van der Waals surface area contributed by atoms with Gasteiger partial charge in [-0.3, -0.25) is 9.59 Å². The topological polar surface area (TPSA) is 84.2 Å². The lowest BCUT2D eigenvalue weighted by molar-refractivity contribution is -0.555. The minimum absolute atomic E-state index is 0.0646. The second kappa shape index (κ2) is 4.25. The van der Waals surface area contributed by atoms with Crippen LogP contribution in [-0.2, 0) is 34.3 Å². The average Bonchev–Trinajstić information content (AvgIpc) is 3.24. The zero-order valence-corrected chi connectivity index (χ0v) is 15.6. The van der Waals surface area contributed by atoms with Gasteiger partial charge in [-0.25, -0.2) is 0 Å². The van der Waals surface area contributed by atoms with Crippen molar-refractivity contribution in [1.29, 1.82) is 0 Å². The number of carbonyl (C=O) groups is 2. The van der Waals surface area contributed by atoms with Gasteiger partial charge in [0.15, 0.2) is 0 Å². The molecule has 7 atom stereocenters. The largest absolute Gasteiger partial charge is 0.472 e. The second-order valence-electron chi connectivity index (χ2n) is 9.18. The third-order valence-corrected chi connectivity index (χ3v) is 8.43. The zero-order valence-electron chi connectivity index (χ0n) is 15.6. The smallest absolute Gasteiger partial charge is 0.315 e. The highest BCUT2D eigenvalue weighted by Crippen LogP contribution is 2.78. The van der Waals surface area contributed by atoms with Crippen LogP contribution in [0.25, 0.3) is 0 Å². The van der Waals surface area contributed by atoms with Crippen molar-refractivity contribution in [2.24, 2.45) is 22.7 Å². The monoisotopic (exact) mass is 374 g/mol. The van der Waals surface area contributed by atoms with Crippen LogP contribution in [0.4, 0.5) is 0 Å². The SMILES string of the molecule is C[C@@H]1C(=O)OC23CC[C@@]4(C)C(=O)OC[C@]45O[C@@](c4ccoc4)(CC1[C@]25C)O3. The minimum atomic E-state index is -1.14. The summed E-state index contributed by atoms with van der Waals surface area (Å²) < 4.78 is 30.3. The number of esters is 2. The fraction of sp³-hybridized carbons (Fsp3) is 0.700. The minimum Gasteiger partial charge on any atom is -0.472 e. The molecule has 6 heterocycles. The van der Waals surface area contributed by atoms with E-state index >= 15 is 0 Å². The normalized spacial score (nSPS) is 55.1. The summed E-state index contributed by atoms with van der Waals surface area (Å²) in [7, 11) is 0. The second-order valence-corrected chi connectivity index (χ2v) is 9.18. The molecule has 1 spiro atoms. The highest BCUT2D eigenvalue weighted by atomic mass is 16.8. The molecule has 1 aliphatic carbocycles. The first-order valence-corrected chi connectivity index (χ1v) is 9.57. The fourth-order valence-corrected chi connectivity index (χ4v) is 6.78. The summed E-state index contributed by atoms with van der Waals surface area (Å²) in [4.78, 5) is 25.5. The summed E-state index contributed by atoms with van der Waals surface area (Å²) in [5, 5.41) is 0. The van der Waals surface area contributed by atoms with Gasteiger partial charge in [-0.2, -0.15) is 0 Å². The van der Waals surface area contributed by atoms with Crippen LogP contribution in [0.5, 0.6) is 0 Å². The maximum atomic E-state index is 12.8. The van der Waals surface area contributed by atoms with Gasteiger partial charge < -0.3 is 23.4 Å². The lowest BCUT2D eigenvalue weighted by Gasteiger charge is -2.76. The van der Waals surface area contributed by atoms with Crippen LogP contribution in [0.2, 0.25) is 0 Å². The molecular formula is C20H22O7. The molecule has 0 aromatic carbocycles. The van der Waals surface area contributed by atoms with Crippen LogP contribution >= 0.6 is 0 Å². The van der Waals surface area contributed by atoms with Crippen molar-refractivity contribution in [1.82, 2.24) is 0 Å². The fourth-order valence-electron chi connectivity index (χ4n) is 6.78. The van der Waals surface area contributed by atoms with Crippen molar-refractivity contribution in [2.45, 2.75) is 57.2 Å². The van der Waals surface area contributed by atoms with E-state index in [4.69, 9.17) is 23.4 Å². The summed E-state index contributed by atoms with van der Waals surface area (Å²) in [6.45, 7) is 6.02. The van der Waals surface area contributed by atoms with Gasteiger partial charge in [0, 0.05) is 18.4 Å². The molecule has 7 nitrogen and oxygen atoms in total. The van der Waals surface area contributed by atoms with E-state index in [1.807, 2.05) is 19.9 Å². The van der Waals surface area contributed by atoms with E-state index in [1.54, 1.807) is 12.5 Å². The van der Waals surface area contributed by atoms with Crippen LogP contribution in [0.15, 0.2) is 23.0 Å². The molecule has 5 saturated heterocycles. The van der Waals surface area contributed by atoms with Gasteiger partial charge >= 0.3 is 11.9 Å². The molecule has 2 unspecified atom stereocenters. The Morgan fingerprint density at radius 3 is 2.70 bits per heavy atom. The van der Waals surface area contributed by atoms with E-state index in [9.17, 15) is 9.59 Å². The van der Waals surface area contributed by atoms with Gasteiger partial charge in [-0.15, -0.1) is 0 Å². The summed E-state index contributed by atoms with van der Waals surface area (Å²) in [5.41, 5.74) is -1.68. The van der Waals surface area contributed by atoms with Gasteiger partial charge in [0.25, 0.3) is 0 Å². The van der Waals surface area contributed by atoms with Gasteiger partial charge in [0.1, 0.15) is 12.2 Å². The van der Waals surface area contributed by atoms with Crippen molar-refractivity contribution < 1.29 is 33.0 Å². The Hall–Kier alpha value is -1.86. The van der Waals surface area contributed by atoms with Gasteiger partial charge in [-0.05, 0) is 25.3 Å². The summed E-state index contributed by atoms with van der Waals surface area (Å²) in [5.74, 6) is -3.14.